The highest BCUT2D eigenvalue weighted by Gasteiger charge is 2.32. The summed E-state index contributed by atoms with van der Waals surface area (Å²) in [6.07, 6.45) is -2.67. The van der Waals surface area contributed by atoms with Crippen LogP contribution in [0.4, 0.5) is 13.2 Å². The highest BCUT2D eigenvalue weighted by atomic mass is 32.2. The second-order valence-electron chi connectivity index (χ2n) is 9.06. The van der Waals surface area contributed by atoms with Gasteiger partial charge in [-0.1, -0.05) is 26.0 Å². The van der Waals surface area contributed by atoms with Crippen LogP contribution in [0.5, 0.6) is 11.5 Å². The van der Waals surface area contributed by atoms with Gasteiger partial charge in [0, 0.05) is 26.1 Å². The molecule has 1 heterocycles. The SMILES string of the molecule is COc1ccc(CN(CC2CCCO2)C(=O)CC(C)C)cc1OS(=O)(=O)c1cccc(C(F)(F)F)c1. The highest BCUT2D eigenvalue weighted by molar-refractivity contribution is 7.87. The van der Waals surface area contributed by atoms with Gasteiger partial charge in [0.2, 0.25) is 5.91 Å². The van der Waals surface area contributed by atoms with Crippen LogP contribution in [-0.2, 0) is 32.4 Å². The number of ether oxygens (including phenoxy) is 2. The lowest BCUT2D eigenvalue weighted by Crippen LogP contribution is -2.37. The average molecular weight is 530 g/mol. The van der Waals surface area contributed by atoms with Gasteiger partial charge in [-0.15, -0.1) is 0 Å². The van der Waals surface area contributed by atoms with E-state index in [1.165, 1.54) is 19.2 Å². The van der Waals surface area contributed by atoms with Gasteiger partial charge in [0.1, 0.15) is 4.90 Å². The second-order valence-corrected chi connectivity index (χ2v) is 10.6. The van der Waals surface area contributed by atoms with Crippen LogP contribution < -0.4 is 8.92 Å². The minimum atomic E-state index is -4.71. The molecule has 1 atom stereocenters. The van der Waals surface area contributed by atoms with Gasteiger partial charge in [-0.3, -0.25) is 4.79 Å². The Hall–Kier alpha value is -2.79. The number of alkyl halides is 3. The molecule has 2 aromatic rings. The summed E-state index contributed by atoms with van der Waals surface area (Å²) in [6.45, 7) is 5.11. The molecule has 36 heavy (non-hydrogen) atoms. The third-order valence-corrected chi connectivity index (χ3v) is 6.86. The number of hydrogen-bond acceptors (Lipinski definition) is 6. The smallest absolute Gasteiger partial charge is 0.416 e. The predicted molar refractivity (Wildman–Crippen MR) is 126 cm³/mol. The number of carbonyl (C=O) groups is 1. The van der Waals surface area contributed by atoms with E-state index in [0.717, 1.165) is 31.0 Å². The number of nitrogens with zero attached hydrogens (tertiary/aromatic N) is 1. The summed E-state index contributed by atoms with van der Waals surface area (Å²) in [5.41, 5.74) is -0.540. The molecule has 0 bridgehead atoms. The van der Waals surface area contributed by atoms with E-state index in [9.17, 15) is 26.4 Å². The molecule has 1 amide bonds. The standard InChI is InChI=1S/C25H30F3NO6S/c1-17(2)12-24(30)29(16-20-7-5-11-34-20)15-18-9-10-22(33-3)23(13-18)35-36(31,32)21-8-4-6-19(14-21)25(26,27)28/h4,6,8-10,13-14,17,20H,5,7,11-12,15-16H2,1-3H3. The Labute approximate surface area is 209 Å². The quantitative estimate of drug-likeness (QED) is 0.402. The van der Waals surface area contributed by atoms with Crippen LogP contribution in [0, 0.1) is 5.92 Å². The summed E-state index contributed by atoms with van der Waals surface area (Å²) >= 11 is 0. The maximum absolute atomic E-state index is 13.1. The van der Waals surface area contributed by atoms with Gasteiger partial charge in [0.25, 0.3) is 0 Å². The molecule has 1 unspecified atom stereocenters. The lowest BCUT2D eigenvalue weighted by atomic mass is 10.1. The minimum absolute atomic E-state index is 0.0598. The average Bonchev–Trinajstić information content (AvgIpc) is 3.31. The van der Waals surface area contributed by atoms with E-state index >= 15 is 0 Å². The van der Waals surface area contributed by atoms with Crippen molar-refractivity contribution in [1.82, 2.24) is 4.90 Å². The molecule has 198 valence electrons. The highest BCUT2D eigenvalue weighted by Crippen LogP contribution is 2.34. The molecule has 1 saturated heterocycles. The summed E-state index contributed by atoms with van der Waals surface area (Å²) in [5.74, 6) is -0.0264. The van der Waals surface area contributed by atoms with E-state index in [-0.39, 0.29) is 36.0 Å². The van der Waals surface area contributed by atoms with Crippen LogP contribution in [0.15, 0.2) is 47.4 Å². The van der Waals surface area contributed by atoms with Gasteiger partial charge in [0.05, 0.1) is 18.8 Å². The zero-order valence-electron chi connectivity index (χ0n) is 20.4. The van der Waals surface area contributed by atoms with Crippen molar-refractivity contribution >= 4 is 16.0 Å². The minimum Gasteiger partial charge on any atom is -0.493 e. The van der Waals surface area contributed by atoms with Gasteiger partial charge >= 0.3 is 16.3 Å². The molecule has 1 aliphatic heterocycles. The monoisotopic (exact) mass is 529 g/mol. The molecule has 3 rings (SSSR count). The molecule has 11 heteroatoms. The van der Waals surface area contributed by atoms with Crippen molar-refractivity contribution in [2.45, 2.75) is 56.8 Å². The molecule has 0 saturated carbocycles. The fraction of sp³-hybridized carbons (Fsp3) is 0.480. The van der Waals surface area contributed by atoms with E-state index in [0.29, 0.717) is 31.2 Å². The van der Waals surface area contributed by atoms with Crippen LogP contribution >= 0.6 is 0 Å². The number of methoxy groups -OCH3 is 1. The first-order chi connectivity index (χ1) is 16.9. The third kappa shape index (κ3) is 7.36. The molecular formula is C25H30F3NO6S. The third-order valence-electron chi connectivity index (χ3n) is 5.63. The molecule has 7 nitrogen and oxygen atoms in total. The number of hydrogen-bond donors (Lipinski definition) is 0. The van der Waals surface area contributed by atoms with Crippen molar-refractivity contribution in [3.63, 3.8) is 0 Å². The first-order valence-electron chi connectivity index (χ1n) is 11.6. The Kier molecular flexibility index (Phi) is 8.89. The molecule has 0 radical (unpaired) electrons. The van der Waals surface area contributed by atoms with Crippen molar-refractivity contribution < 1.29 is 40.0 Å². The van der Waals surface area contributed by atoms with Gasteiger partial charge in [-0.05, 0) is 54.7 Å². The topological polar surface area (TPSA) is 82.1 Å². The molecule has 1 fully saturated rings. The van der Waals surface area contributed by atoms with Gasteiger partial charge in [0.15, 0.2) is 11.5 Å². The van der Waals surface area contributed by atoms with E-state index < -0.39 is 26.8 Å². The Morgan fingerprint density at radius 2 is 1.92 bits per heavy atom. The molecular weight excluding hydrogens is 499 g/mol. The fourth-order valence-electron chi connectivity index (χ4n) is 3.87. The van der Waals surface area contributed by atoms with Crippen molar-refractivity contribution in [2.24, 2.45) is 5.92 Å². The Morgan fingerprint density at radius 1 is 1.17 bits per heavy atom. The first kappa shape index (κ1) is 27.8. The first-order valence-corrected chi connectivity index (χ1v) is 13.0. The molecule has 0 aromatic heterocycles. The number of halogens is 3. The summed E-state index contributed by atoms with van der Waals surface area (Å²) < 4.78 is 80.9. The lowest BCUT2D eigenvalue weighted by Gasteiger charge is -2.26. The van der Waals surface area contributed by atoms with Crippen LogP contribution in [0.25, 0.3) is 0 Å². The Morgan fingerprint density at radius 3 is 2.53 bits per heavy atom. The zero-order valence-corrected chi connectivity index (χ0v) is 21.2. The summed E-state index contributed by atoms with van der Waals surface area (Å²) in [4.78, 5) is 13.9. The van der Waals surface area contributed by atoms with E-state index in [1.54, 1.807) is 11.0 Å². The lowest BCUT2D eigenvalue weighted by molar-refractivity contribution is -0.137. The van der Waals surface area contributed by atoms with E-state index in [4.69, 9.17) is 13.7 Å². The number of rotatable bonds is 10. The zero-order chi connectivity index (χ0) is 26.5. The largest absolute Gasteiger partial charge is 0.493 e. The molecule has 0 spiro atoms. The molecule has 1 aliphatic rings. The van der Waals surface area contributed by atoms with Crippen molar-refractivity contribution in [2.75, 3.05) is 20.3 Å². The van der Waals surface area contributed by atoms with Gasteiger partial charge < -0.3 is 18.6 Å². The summed E-state index contributed by atoms with van der Waals surface area (Å²) in [5, 5.41) is 0. The maximum Gasteiger partial charge on any atom is 0.416 e. The Bertz CT molecular complexity index is 1160. The van der Waals surface area contributed by atoms with Crippen molar-refractivity contribution in [3.05, 3.63) is 53.6 Å². The predicted octanol–water partition coefficient (Wildman–Crippen LogP) is 5.04. The number of benzene rings is 2. The van der Waals surface area contributed by atoms with Crippen LogP contribution in [0.3, 0.4) is 0 Å². The van der Waals surface area contributed by atoms with E-state index in [2.05, 4.69) is 0 Å². The van der Waals surface area contributed by atoms with E-state index in [1.807, 2.05) is 13.8 Å². The van der Waals surface area contributed by atoms with Crippen LogP contribution in [-0.4, -0.2) is 45.6 Å². The summed E-state index contributed by atoms with van der Waals surface area (Å²) in [6, 6.07) is 7.88. The fourth-order valence-corrected chi connectivity index (χ4v) is 4.85. The van der Waals surface area contributed by atoms with Crippen molar-refractivity contribution in [3.8, 4) is 11.5 Å². The van der Waals surface area contributed by atoms with Gasteiger partial charge in [-0.25, -0.2) is 0 Å². The Balaban J connectivity index is 1.87. The molecule has 0 N–H and O–H groups in total. The van der Waals surface area contributed by atoms with Gasteiger partial charge in [-0.2, -0.15) is 21.6 Å². The number of carbonyl (C=O) groups excluding carboxylic acids is 1. The van der Waals surface area contributed by atoms with Crippen LogP contribution in [0.1, 0.15) is 44.2 Å². The normalized spacial score (nSPS) is 16.2. The molecule has 2 aromatic carbocycles. The summed E-state index contributed by atoms with van der Waals surface area (Å²) in [7, 11) is -3.29. The van der Waals surface area contributed by atoms with Crippen molar-refractivity contribution in [1.29, 1.82) is 0 Å². The second kappa shape index (κ2) is 11.5. The maximum atomic E-state index is 13.1. The molecule has 0 aliphatic carbocycles. The van der Waals surface area contributed by atoms with Crippen LogP contribution in [0.2, 0.25) is 0 Å². The number of amides is 1.